The number of non-ortho nitro benzene ring substituents is 1. The first kappa shape index (κ1) is 14.8. The van der Waals surface area contributed by atoms with Crippen LogP contribution in [-0.4, -0.2) is 26.1 Å². The summed E-state index contributed by atoms with van der Waals surface area (Å²) < 4.78 is 61.9. The summed E-state index contributed by atoms with van der Waals surface area (Å²) in [5.74, 6) is 0. The lowest BCUT2D eigenvalue weighted by Gasteiger charge is -2.18. The van der Waals surface area contributed by atoms with Gasteiger partial charge in [-0.2, -0.15) is 26.6 Å². The van der Waals surface area contributed by atoms with Gasteiger partial charge in [-0.25, -0.2) is 0 Å². The first-order valence-electron chi connectivity index (χ1n) is 5.25. The van der Waals surface area contributed by atoms with Gasteiger partial charge in [0.15, 0.2) is 0 Å². The number of halogens is 5. The number of nitrogens with zero attached hydrogens (tertiary/aromatic N) is 4. The minimum absolute atomic E-state index is 0.116. The lowest BCUT2D eigenvalue weighted by atomic mass is 10.1. The van der Waals surface area contributed by atoms with Gasteiger partial charge < -0.3 is 0 Å². The molecule has 0 aliphatic heterocycles. The standard InChI is InChI=1S/C10H5F5N4O2/c11-9(12,13)10(14,15)18-5-8(16-17-18)6-1-3-7(4-2-6)19(20)21/h1-5H. The van der Waals surface area contributed by atoms with Crippen LogP contribution >= 0.6 is 0 Å². The van der Waals surface area contributed by atoms with Crippen LogP contribution in [-0.2, 0) is 6.05 Å². The minimum atomic E-state index is -5.81. The molecule has 2 rings (SSSR count). The largest absolute Gasteiger partial charge is 0.477 e. The van der Waals surface area contributed by atoms with Crippen LogP contribution in [0.5, 0.6) is 0 Å². The first-order chi connectivity index (χ1) is 9.63. The van der Waals surface area contributed by atoms with Crippen molar-refractivity contribution in [2.75, 3.05) is 0 Å². The SMILES string of the molecule is O=[N+]([O-])c1ccc(-c2cn(C(F)(F)C(F)(F)F)nn2)cc1. The monoisotopic (exact) mass is 308 g/mol. The molecule has 0 atom stereocenters. The predicted octanol–water partition coefficient (Wildman–Crippen LogP) is 2.96. The van der Waals surface area contributed by atoms with E-state index < -0.39 is 21.8 Å². The van der Waals surface area contributed by atoms with Crippen LogP contribution < -0.4 is 0 Å². The molecule has 0 saturated heterocycles. The number of hydrogen-bond donors (Lipinski definition) is 0. The van der Waals surface area contributed by atoms with Crippen LogP contribution in [0.15, 0.2) is 30.5 Å². The number of benzene rings is 1. The topological polar surface area (TPSA) is 73.8 Å². The molecule has 11 heteroatoms. The Labute approximate surface area is 112 Å². The van der Waals surface area contributed by atoms with Gasteiger partial charge in [0.1, 0.15) is 5.69 Å². The Morgan fingerprint density at radius 3 is 2.14 bits per heavy atom. The van der Waals surface area contributed by atoms with Gasteiger partial charge >= 0.3 is 12.2 Å². The molecule has 0 unspecified atom stereocenters. The van der Waals surface area contributed by atoms with Gasteiger partial charge in [-0.3, -0.25) is 10.1 Å². The summed E-state index contributed by atoms with van der Waals surface area (Å²) in [5.41, 5.74) is -0.412. The van der Waals surface area contributed by atoms with Crippen molar-refractivity contribution in [2.24, 2.45) is 0 Å². The maximum Gasteiger partial charge on any atom is 0.477 e. The Hall–Kier alpha value is -2.59. The van der Waals surface area contributed by atoms with Gasteiger partial charge in [0.2, 0.25) is 0 Å². The summed E-state index contributed by atoms with van der Waals surface area (Å²) in [6.07, 6.45) is -5.40. The Morgan fingerprint density at radius 1 is 1.10 bits per heavy atom. The first-order valence-corrected chi connectivity index (χ1v) is 5.25. The molecule has 0 radical (unpaired) electrons. The highest BCUT2D eigenvalue weighted by Gasteiger charge is 2.60. The van der Waals surface area contributed by atoms with Crippen molar-refractivity contribution >= 4 is 5.69 Å². The van der Waals surface area contributed by atoms with Gasteiger partial charge in [-0.1, -0.05) is 5.21 Å². The third-order valence-corrected chi connectivity index (χ3v) is 2.50. The number of nitro groups is 1. The van der Waals surface area contributed by atoms with Crippen LogP contribution in [0.2, 0.25) is 0 Å². The summed E-state index contributed by atoms with van der Waals surface area (Å²) in [5, 5.41) is 16.4. The average Bonchev–Trinajstić information content (AvgIpc) is 2.87. The molecule has 2 aromatic rings. The van der Waals surface area contributed by atoms with Crippen LogP contribution in [0.4, 0.5) is 27.6 Å². The van der Waals surface area contributed by atoms with E-state index in [0.717, 1.165) is 24.3 Å². The van der Waals surface area contributed by atoms with Gasteiger partial charge in [0.25, 0.3) is 5.69 Å². The molecule has 21 heavy (non-hydrogen) atoms. The molecule has 0 saturated carbocycles. The van der Waals surface area contributed by atoms with Crippen molar-refractivity contribution in [3.63, 3.8) is 0 Å². The summed E-state index contributed by atoms with van der Waals surface area (Å²) in [6.45, 7) is 0. The normalized spacial score (nSPS) is 12.4. The summed E-state index contributed by atoms with van der Waals surface area (Å²) >= 11 is 0. The zero-order valence-electron chi connectivity index (χ0n) is 9.88. The van der Waals surface area contributed by atoms with E-state index in [2.05, 4.69) is 10.3 Å². The third kappa shape index (κ3) is 2.66. The van der Waals surface area contributed by atoms with Crippen molar-refractivity contribution < 1.29 is 26.9 Å². The van der Waals surface area contributed by atoms with Crippen molar-refractivity contribution in [1.29, 1.82) is 0 Å². The quantitative estimate of drug-likeness (QED) is 0.496. The summed E-state index contributed by atoms with van der Waals surface area (Å²) in [7, 11) is 0. The molecule has 1 heterocycles. The molecule has 6 nitrogen and oxygen atoms in total. The Balaban J connectivity index is 2.34. The molecule has 0 bridgehead atoms. The number of aromatic nitrogens is 3. The molecular formula is C10H5F5N4O2. The fraction of sp³-hybridized carbons (Fsp3) is 0.200. The van der Waals surface area contributed by atoms with Crippen molar-refractivity contribution in [1.82, 2.24) is 15.0 Å². The smallest absolute Gasteiger partial charge is 0.258 e. The molecule has 112 valence electrons. The maximum atomic E-state index is 13.0. The molecule has 0 fully saturated rings. The Morgan fingerprint density at radius 2 is 1.67 bits per heavy atom. The van der Waals surface area contributed by atoms with Gasteiger partial charge in [0.05, 0.1) is 11.1 Å². The average molecular weight is 308 g/mol. The fourth-order valence-electron chi connectivity index (χ4n) is 1.42. The maximum absolute atomic E-state index is 13.0. The molecule has 0 spiro atoms. The van der Waals surface area contributed by atoms with Crippen molar-refractivity contribution in [2.45, 2.75) is 12.2 Å². The van der Waals surface area contributed by atoms with Crippen LogP contribution in [0.25, 0.3) is 11.3 Å². The van der Waals surface area contributed by atoms with Crippen molar-refractivity contribution in [3.05, 3.63) is 40.6 Å². The Kier molecular flexibility index (Phi) is 3.35. The van der Waals surface area contributed by atoms with E-state index in [-0.39, 0.29) is 16.9 Å². The molecule has 0 aliphatic rings. The molecule has 0 amide bonds. The van der Waals surface area contributed by atoms with E-state index in [1.54, 1.807) is 0 Å². The second kappa shape index (κ2) is 4.75. The van der Waals surface area contributed by atoms with Crippen LogP contribution in [0.1, 0.15) is 0 Å². The summed E-state index contributed by atoms with van der Waals surface area (Å²) in [6, 6.07) is -0.734. The second-order valence-corrected chi connectivity index (χ2v) is 3.89. The summed E-state index contributed by atoms with van der Waals surface area (Å²) in [4.78, 5) is 9.76. The zero-order chi connectivity index (χ0) is 15.8. The second-order valence-electron chi connectivity index (χ2n) is 3.89. The van der Waals surface area contributed by atoms with E-state index in [1.165, 1.54) is 0 Å². The molecular weight excluding hydrogens is 303 g/mol. The van der Waals surface area contributed by atoms with E-state index >= 15 is 0 Å². The van der Waals surface area contributed by atoms with Gasteiger partial charge in [0, 0.05) is 17.7 Å². The molecule has 1 aromatic carbocycles. The van der Waals surface area contributed by atoms with Crippen molar-refractivity contribution in [3.8, 4) is 11.3 Å². The Bertz CT molecular complexity index is 665. The highest BCUT2D eigenvalue weighted by atomic mass is 19.4. The van der Waals surface area contributed by atoms with Crippen LogP contribution in [0, 0.1) is 10.1 Å². The third-order valence-electron chi connectivity index (χ3n) is 2.50. The highest BCUT2D eigenvalue weighted by Crippen LogP contribution is 2.39. The zero-order valence-corrected chi connectivity index (χ0v) is 9.88. The van der Waals surface area contributed by atoms with E-state index in [4.69, 9.17) is 0 Å². The van der Waals surface area contributed by atoms with E-state index in [1.807, 2.05) is 0 Å². The number of alkyl halides is 5. The number of hydrogen-bond acceptors (Lipinski definition) is 4. The van der Waals surface area contributed by atoms with Gasteiger partial charge in [-0.15, -0.1) is 5.10 Å². The van der Waals surface area contributed by atoms with Crippen LogP contribution in [0.3, 0.4) is 0 Å². The van der Waals surface area contributed by atoms with E-state index in [0.29, 0.717) is 6.20 Å². The lowest BCUT2D eigenvalue weighted by molar-refractivity contribution is -0.384. The number of nitro benzene ring substituents is 1. The molecule has 0 N–H and O–H groups in total. The number of rotatable bonds is 3. The fourth-order valence-corrected chi connectivity index (χ4v) is 1.42. The molecule has 1 aromatic heterocycles. The predicted molar refractivity (Wildman–Crippen MR) is 58.4 cm³/mol. The van der Waals surface area contributed by atoms with E-state index in [9.17, 15) is 32.1 Å². The lowest BCUT2D eigenvalue weighted by Crippen LogP contribution is -2.40. The van der Waals surface area contributed by atoms with Gasteiger partial charge in [-0.05, 0) is 12.1 Å². The minimum Gasteiger partial charge on any atom is -0.258 e. The molecule has 0 aliphatic carbocycles. The highest BCUT2D eigenvalue weighted by molar-refractivity contribution is 5.59.